The summed E-state index contributed by atoms with van der Waals surface area (Å²) in [4.78, 5) is 16.8. The zero-order valence-electron chi connectivity index (χ0n) is 12.7. The van der Waals surface area contributed by atoms with Gasteiger partial charge in [0.2, 0.25) is 5.91 Å². The minimum absolute atomic E-state index is 0.291. The zero-order chi connectivity index (χ0) is 14.8. The average Bonchev–Trinajstić information content (AvgIpc) is 3.02. The van der Waals surface area contributed by atoms with Crippen LogP contribution in [-0.2, 0) is 4.79 Å². The van der Waals surface area contributed by atoms with Gasteiger partial charge < -0.3 is 4.90 Å². The third-order valence-corrected chi connectivity index (χ3v) is 4.95. The number of fused-ring (bicyclic) bond motifs is 1. The molecule has 0 bridgehead atoms. The molecule has 2 saturated heterocycles. The van der Waals surface area contributed by atoms with Crippen molar-refractivity contribution >= 4 is 5.91 Å². The van der Waals surface area contributed by atoms with Crippen molar-refractivity contribution in [3.8, 4) is 0 Å². The molecule has 0 unspecified atom stereocenters. The number of amides is 1. The first-order valence-corrected chi connectivity index (χ1v) is 7.84. The van der Waals surface area contributed by atoms with Crippen LogP contribution in [0.2, 0.25) is 0 Å². The Balaban J connectivity index is 1.72. The summed E-state index contributed by atoms with van der Waals surface area (Å²) in [5.74, 6) is 1.48. The Bertz CT molecular complexity index is 513. The predicted octanol–water partition coefficient (Wildman–Crippen LogP) is 2.71. The van der Waals surface area contributed by atoms with Gasteiger partial charge in [-0.3, -0.25) is 9.69 Å². The molecule has 2 fully saturated rings. The Labute approximate surface area is 127 Å². The Hall–Kier alpha value is -1.61. The maximum Gasteiger partial charge on any atom is 0.222 e. The van der Waals surface area contributed by atoms with Crippen LogP contribution in [0.15, 0.2) is 43.0 Å². The molecule has 0 N–H and O–H groups in total. The molecule has 0 radical (unpaired) electrons. The highest BCUT2D eigenvalue weighted by molar-refractivity contribution is 5.76. The molecule has 1 amide bonds. The summed E-state index contributed by atoms with van der Waals surface area (Å²) in [5.41, 5.74) is 1.38. The summed E-state index contributed by atoms with van der Waals surface area (Å²) in [5, 5.41) is 0. The number of rotatable bonds is 4. The second-order valence-electron chi connectivity index (χ2n) is 6.35. The van der Waals surface area contributed by atoms with Crippen LogP contribution in [0, 0.1) is 11.8 Å². The minimum atomic E-state index is 0.291. The predicted molar refractivity (Wildman–Crippen MR) is 84.8 cm³/mol. The van der Waals surface area contributed by atoms with Crippen molar-refractivity contribution < 1.29 is 4.79 Å². The quantitative estimate of drug-likeness (QED) is 0.794. The van der Waals surface area contributed by atoms with E-state index in [1.807, 2.05) is 6.08 Å². The molecule has 1 aromatic carbocycles. The molecule has 0 aliphatic carbocycles. The molecule has 3 atom stereocenters. The molecule has 2 aliphatic rings. The van der Waals surface area contributed by atoms with E-state index < -0.39 is 0 Å². The van der Waals surface area contributed by atoms with Gasteiger partial charge in [-0.25, -0.2) is 0 Å². The smallest absolute Gasteiger partial charge is 0.222 e. The summed E-state index contributed by atoms with van der Waals surface area (Å²) >= 11 is 0. The molecule has 0 saturated carbocycles. The van der Waals surface area contributed by atoms with Crippen LogP contribution in [0.4, 0.5) is 0 Å². The normalized spacial score (nSPS) is 28.6. The Morgan fingerprint density at radius 2 is 2.05 bits per heavy atom. The van der Waals surface area contributed by atoms with Crippen molar-refractivity contribution in [3.63, 3.8) is 0 Å². The molecule has 3 rings (SSSR count). The highest BCUT2D eigenvalue weighted by Gasteiger charge is 2.46. The van der Waals surface area contributed by atoms with Crippen LogP contribution in [0.25, 0.3) is 0 Å². The van der Waals surface area contributed by atoms with E-state index in [-0.39, 0.29) is 0 Å². The first-order chi connectivity index (χ1) is 10.2. The maximum absolute atomic E-state index is 12.2. The van der Waals surface area contributed by atoms with Crippen LogP contribution < -0.4 is 0 Å². The van der Waals surface area contributed by atoms with E-state index >= 15 is 0 Å². The van der Waals surface area contributed by atoms with Crippen molar-refractivity contribution in [2.45, 2.75) is 18.9 Å². The molecule has 3 heteroatoms. The number of carbonyl (C=O) groups excluding carboxylic acids is 1. The van der Waals surface area contributed by atoms with E-state index in [9.17, 15) is 4.79 Å². The Morgan fingerprint density at radius 1 is 1.29 bits per heavy atom. The zero-order valence-corrected chi connectivity index (χ0v) is 12.7. The second kappa shape index (κ2) is 6.02. The Morgan fingerprint density at radius 3 is 2.76 bits per heavy atom. The molecule has 112 valence electrons. The number of hydrogen-bond acceptors (Lipinski definition) is 2. The number of carbonyl (C=O) groups is 1. The molecule has 0 spiro atoms. The number of hydrogen-bond donors (Lipinski definition) is 0. The van der Waals surface area contributed by atoms with Crippen molar-refractivity contribution in [2.75, 3.05) is 26.7 Å². The van der Waals surface area contributed by atoms with E-state index in [1.54, 1.807) is 0 Å². The first kappa shape index (κ1) is 14.3. The fourth-order valence-corrected chi connectivity index (χ4v) is 4.00. The molecule has 2 aliphatic heterocycles. The van der Waals surface area contributed by atoms with E-state index in [2.05, 4.69) is 53.8 Å². The van der Waals surface area contributed by atoms with Gasteiger partial charge in [0.1, 0.15) is 0 Å². The fourth-order valence-electron chi connectivity index (χ4n) is 4.00. The molecular weight excluding hydrogens is 260 g/mol. The molecule has 0 aromatic heterocycles. The lowest BCUT2D eigenvalue weighted by Crippen LogP contribution is -2.33. The van der Waals surface area contributed by atoms with Gasteiger partial charge in [-0.05, 0) is 24.9 Å². The second-order valence-corrected chi connectivity index (χ2v) is 6.35. The van der Waals surface area contributed by atoms with E-state index in [0.29, 0.717) is 30.2 Å². The van der Waals surface area contributed by atoms with Crippen molar-refractivity contribution in [3.05, 3.63) is 48.6 Å². The fraction of sp³-hybridized carbons (Fsp3) is 0.500. The lowest BCUT2D eigenvalue weighted by atomic mass is 9.90. The average molecular weight is 284 g/mol. The van der Waals surface area contributed by atoms with Gasteiger partial charge in [0.25, 0.3) is 0 Å². The lowest BCUT2D eigenvalue weighted by molar-refractivity contribution is -0.130. The summed E-state index contributed by atoms with van der Waals surface area (Å²) in [6, 6.07) is 11.2. The van der Waals surface area contributed by atoms with Gasteiger partial charge in [0, 0.05) is 38.0 Å². The molecule has 1 aromatic rings. The van der Waals surface area contributed by atoms with Gasteiger partial charge in [-0.2, -0.15) is 0 Å². The third-order valence-electron chi connectivity index (χ3n) is 4.95. The van der Waals surface area contributed by atoms with Crippen LogP contribution in [-0.4, -0.2) is 42.4 Å². The molecule has 3 nitrogen and oxygen atoms in total. The monoisotopic (exact) mass is 284 g/mol. The van der Waals surface area contributed by atoms with E-state index in [4.69, 9.17) is 0 Å². The summed E-state index contributed by atoms with van der Waals surface area (Å²) in [6.07, 6.45) is 3.22. The largest absolute Gasteiger partial charge is 0.342 e. The number of likely N-dealkylation sites (tertiary alicyclic amines) is 2. The van der Waals surface area contributed by atoms with Gasteiger partial charge >= 0.3 is 0 Å². The van der Waals surface area contributed by atoms with Crippen molar-refractivity contribution in [1.82, 2.24) is 9.80 Å². The van der Waals surface area contributed by atoms with E-state index in [1.165, 1.54) is 5.56 Å². The molecule has 2 heterocycles. The standard InChI is InChI=1S/C18H24N2O/c1-3-4-10-17(21)20-12-15-11-19(2)18(16(15)13-20)14-8-6-5-7-9-14/h3,5-9,15-16,18H,1,4,10-13H2,2H3/t15-,16+,18-/m0/s1. The third kappa shape index (κ3) is 2.75. The SMILES string of the molecule is C=CCCC(=O)N1C[C@@H]2CN(C)[C@@H](c3ccccc3)[C@@H]2C1. The van der Waals surface area contributed by atoms with Gasteiger partial charge in [-0.15, -0.1) is 6.58 Å². The van der Waals surface area contributed by atoms with Crippen LogP contribution in [0.1, 0.15) is 24.4 Å². The Kier molecular flexibility index (Phi) is 4.11. The van der Waals surface area contributed by atoms with Crippen molar-refractivity contribution in [2.24, 2.45) is 11.8 Å². The number of benzene rings is 1. The van der Waals surface area contributed by atoms with Gasteiger partial charge in [0.15, 0.2) is 0 Å². The first-order valence-electron chi connectivity index (χ1n) is 7.84. The molecular formula is C18H24N2O. The van der Waals surface area contributed by atoms with Crippen LogP contribution in [0.3, 0.4) is 0 Å². The van der Waals surface area contributed by atoms with Gasteiger partial charge in [-0.1, -0.05) is 36.4 Å². The summed E-state index contributed by atoms with van der Waals surface area (Å²) in [6.45, 7) is 6.63. The van der Waals surface area contributed by atoms with Crippen LogP contribution >= 0.6 is 0 Å². The highest BCUT2D eigenvalue weighted by atomic mass is 16.2. The minimum Gasteiger partial charge on any atom is -0.342 e. The topological polar surface area (TPSA) is 23.6 Å². The van der Waals surface area contributed by atoms with Crippen LogP contribution in [0.5, 0.6) is 0 Å². The lowest BCUT2D eigenvalue weighted by Gasteiger charge is -2.26. The summed E-state index contributed by atoms with van der Waals surface area (Å²) < 4.78 is 0. The van der Waals surface area contributed by atoms with E-state index in [0.717, 1.165) is 26.1 Å². The number of nitrogens with zero attached hydrogens (tertiary/aromatic N) is 2. The van der Waals surface area contributed by atoms with Crippen molar-refractivity contribution in [1.29, 1.82) is 0 Å². The molecule has 21 heavy (non-hydrogen) atoms. The summed E-state index contributed by atoms with van der Waals surface area (Å²) in [7, 11) is 2.21. The highest BCUT2D eigenvalue weighted by Crippen LogP contribution is 2.44. The van der Waals surface area contributed by atoms with Gasteiger partial charge in [0.05, 0.1) is 0 Å². The number of allylic oxidation sites excluding steroid dienone is 1. The maximum atomic E-state index is 12.2.